The van der Waals surface area contributed by atoms with E-state index in [-0.39, 0.29) is 12.0 Å². The Hall–Kier alpha value is -1.54. The molecule has 0 radical (unpaired) electrons. The molecule has 1 fully saturated rings. The third kappa shape index (κ3) is 5.05. The first-order valence-corrected chi connectivity index (χ1v) is 7.47. The van der Waals surface area contributed by atoms with Crippen LogP contribution in [0.2, 0.25) is 5.02 Å². The lowest BCUT2D eigenvalue weighted by Crippen LogP contribution is -2.25. The molecule has 1 heterocycles. The minimum atomic E-state index is -0.0901. The largest absolute Gasteiger partial charge is 0.378 e. The Kier molecular flexibility index (Phi) is 6.06. The topological polar surface area (TPSA) is 64.3 Å². The normalized spacial score (nSPS) is 17.7. The average molecular weight is 307 g/mol. The molecule has 1 amide bonds. The first kappa shape index (κ1) is 15.8. The molecule has 1 saturated heterocycles. The number of anilines is 1. The average Bonchev–Trinajstić information content (AvgIpc) is 2.49. The SMILES string of the molecule is NCC#Cc1ccc(Cl)c(NC(=O)CC2CCCCO2)c1. The van der Waals surface area contributed by atoms with Crippen LogP contribution in [-0.2, 0) is 9.53 Å². The summed E-state index contributed by atoms with van der Waals surface area (Å²) in [7, 11) is 0. The highest BCUT2D eigenvalue weighted by Crippen LogP contribution is 2.24. The van der Waals surface area contributed by atoms with E-state index in [1.165, 1.54) is 0 Å². The molecule has 0 aliphatic carbocycles. The second-order valence-corrected chi connectivity index (χ2v) is 5.35. The summed E-state index contributed by atoms with van der Waals surface area (Å²) >= 11 is 6.10. The van der Waals surface area contributed by atoms with Gasteiger partial charge in [0.25, 0.3) is 0 Å². The number of carbonyl (C=O) groups is 1. The van der Waals surface area contributed by atoms with Crippen LogP contribution in [0.15, 0.2) is 18.2 Å². The Bertz CT molecular complexity index is 557. The molecule has 1 atom stereocenters. The van der Waals surface area contributed by atoms with Crippen LogP contribution in [0, 0.1) is 11.8 Å². The quantitative estimate of drug-likeness (QED) is 0.844. The van der Waals surface area contributed by atoms with Gasteiger partial charge in [-0.25, -0.2) is 0 Å². The molecule has 3 N–H and O–H groups in total. The van der Waals surface area contributed by atoms with E-state index in [4.69, 9.17) is 22.1 Å². The van der Waals surface area contributed by atoms with Crippen molar-refractivity contribution >= 4 is 23.2 Å². The summed E-state index contributed by atoms with van der Waals surface area (Å²) in [6.45, 7) is 1.03. The van der Waals surface area contributed by atoms with Crippen LogP contribution in [0.25, 0.3) is 0 Å². The van der Waals surface area contributed by atoms with Crippen molar-refractivity contribution in [2.24, 2.45) is 5.73 Å². The van der Waals surface area contributed by atoms with Crippen LogP contribution in [0.4, 0.5) is 5.69 Å². The third-order valence-electron chi connectivity index (χ3n) is 3.26. The molecule has 0 bridgehead atoms. The summed E-state index contributed by atoms with van der Waals surface area (Å²) < 4.78 is 5.56. The number of benzene rings is 1. The van der Waals surface area contributed by atoms with Gasteiger partial charge in [0.05, 0.1) is 29.8 Å². The predicted molar refractivity (Wildman–Crippen MR) is 84.2 cm³/mol. The van der Waals surface area contributed by atoms with Crippen molar-refractivity contribution in [3.63, 3.8) is 0 Å². The third-order valence-corrected chi connectivity index (χ3v) is 3.59. The van der Waals surface area contributed by atoms with Gasteiger partial charge in [0.15, 0.2) is 0 Å². The van der Waals surface area contributed by atoms with Gasteiger partial charge >= 0.3 is 0 Å². The lowest BCUT2D eigenvalue weighted by atomic mass is 10.1. The van der Waals surface area contributed by atoms with Crippen LogP contribution < -0.4 is 11.1 Å². The molecule has 1 aliphatic heterocycles. The summed E-state index contributed by atoms with van der Waals surface area (Å²) in [5.41, 5.74) is 6.69. The molecule has 1 aromatic carbocycles. The maximum atomic E-state index is 12.1. The number of rotatable bonds is 3. The van der Waals surface area contributed by atoms with Gasteiger partial charge in [-0.1, -0.05) is 23.4 Å². The van der Waals surface area contributed by atoms with Gasteiger partial charge in [-0.2, -0.15) is 0 Å². The molecule has 0 saturated carbocycles. The molecular weight excluding hydrogens is 288 g/mol. The summed E-state index contributed by atoms with van der Waals surface area (Å²) in [6.07, 6.45) is 3.49. The molecule has 0 aromatic heterocycles. The van der Waals surface area contributed by atoms with Gasteiger partial charge in [0, 0.05) is 12.2 Å². The van der Waals surface area contributed by atoms with Crippen molar-refractivity contribution in [2.75, 3.05) is 18.5 Å². The fourth-order valence-corrected chi connectivity index (χ4v) is 2.39. The van der Waals surface area contributed by atoms with Crippen molar-refractivity contribution in [2.45, 2.75) is 31.8 Å². The smallest absolute Gasteiger partial charge is 0.227 e. The molecule has 2 rings (SSSR count). The maximum Gasteiger partial charge on any atom is 0.227 e. The fraction of sp³-hybridized carbons (Fsp3) is 0.438. The van der Waals surface area contributed by atoms with E-state index in [1.807, 2.05) is 0 Å². The molecule has 1 unspecified atom stereocenters. The standard InChI is InChI=1S/C16H19ClN2O2/c17-14-7-6-12(4-3-8-18)10-15(14)19-16(20)11-13-5-1-2-9-21-13/h6-7,10,13H,1-2,5,8-9,11,18H2,(H,19,20). The minimum absolute atomic E-state index is 0.0118. The highest BCUT2D eigenvalue weighted by Gasteiger charge is 2.18. The Morgan fingerprint density at radius 1 is 1.48 bits per heavy atom. The molecule has 4 nitrogen and oxygen atoms in total. The van der Waals surface area contributed by atoms with Crippen molar-refractivity contribution in [3.05, 3.63) is 28.8 Å². The first-order chi connectivity index (χ1) is 10.2. The lowest BCUT2D eigenvalue weighted by Gasteiger charge is -2.22. The number of hydrogen-bond donors (Lipinski definition) is 2. The Morgan fingerprint density at radius 3 is 3.05 bits per heavy atom. The fourth-order valence-electron chi connectivity index (χ4n) is 2.23. The molecule has 112 valence electrons. The van der Waals surface area contributed by atoms with Gasteiger partial charge in [-0.15, -0.1) is 0 Å². The van der Waals surface area contributed by atoms with Crippen molar-refractivity contribution in [1.82, 2.24) is 0 Å². The van der Waals surface area contributed by atoms with Crippen LogP contribution in [-0.4, -0.2) is 25.2 Å². The molecule has 1 aliphatic rings. The monoisotopic (exact) mass is 306 g/mol. The van der Waals surface area contributed by atoms with Gasteiger partial charge < -0.3 is 15.8 Å². The number of ether oxygens (including phenoxy) is 1. The summed E-state index contributed by atoms with van der Waals surface area (Å²) in [5, 5.41) is 3.32. The summed E-state index contributed by atoms with van der Waals surface area (Å²) in [5.74, 6) is 5.60. The number of nitrogens with one attached hydrogen (secondary N) is 1. The zero-order chi connectivity index (χ0) is 15.1. The Morgan fingerprint density at radius 2 is 2.33 bits per heavy atom. The van der Waals surface area contributed by atoms with Crippen molar-refractivity contribution in [1.29, 1.82) is 0 Å². The van der Waals surface area contributed by atoms with Crippen molar-refractivity contribution in [3.8, 4) is 11.8 Å². The van der Waals surface area contributed by atoms with E-state index in [1.54, 1.807) is 18.2 Å². The van der Waals surface area contributed by atoms with Gasteiger partial charge in [-0.05, 0) is 37.5 Å². The molecule has 5 heteroatoms. The Balaban J connectivity index is 1.98. The van der Waals surface area contributed by atoms with E-state index >= 15 is 0 Å². The predicted octanol–water partition coefficient (Wildman–Crippen LogP) is 2.55. The van der Waals surface area contributed by atoms with Crippen LogP contribution >= 0.6 is 11.6 Å². The van der Waals surface area contributed by atoms with Gasteiger partial charge in [0.2, 0.25) is 5.91 Å². The van der Waals surface area contributed by atoms with Crippen LogP contribution in [0.3, 0.4) is 0 Å². The molecule has 0 spiro atoms. The highest BCUT2D eigenvalue weighted by molar-refractivity contribution is 6.33. The van der Waals surface area contributed by atoms with E-state index < -0.39 is 0 Å². The number of carbonyl (C=O) groups excluding carboxylic acids is 1. The number of amides is 1. The van der Waals surface area contributed by atoms with Crippen molar-refractivity contribution < 1.29 is 9.53 Å². The second-order valence-electron chi connectivity index (χ2n) is 4.94. The van der Waals surface area contributed by atoms with Crippen LogP contribution in [0.1, 0.15) is 31.2 Å². The molecule has 1 aromatic rings. The Labute approximate surface area is 130 Å². The zero-order valence-corrected chi connectivity index (χ0v) is 12.6. The molecule has 21 heavy (non-hydrogen) atoms. The highest BCUT2D eigenvalue weighted by atomic mass is 35.5. The van der Waals surface area contributed by atoms with E-state index in [0.29, 0.717) is 23.7 Å². The number of halogens is 1. The van der Waals surface area contributed by atoms with Gasteiger partial charge in [-0.3, -0.25) is 4.79 Å². The summed E-state index contributed by atoms with van der Waals surface area (Å²) in [4.78, 5) is 12.1. The van der Waals surface area contributed by atoms with E-state index in [0.717, 1.165) is 31.4 Å². The zero-order valence-electron chi connectivity index (χ0n) is 11.8. The molecular formula is C16H19ClN2O2. The van der Waals surface area contributed by atoms with E-state index in [2.05, 4.69) is 17.2 Å². The van der Waals surface area contributed by atoms with Gasteiger partial charge in [0.1, 0.15) is 0 Å². The number of nitrogens with two attached hydrogens (primary N) is 1. The first-order valence-electron chi connectivity index (χ1n) is 7.09. The summed E-state index contributed by atoms with van der Waals surface area (Å²) in [6, 6.07) is 5.27. The minimum Gasteiger partial charge on any atom is -0.378 e. The van der Waals surface area contributed by atoms with Crippen LogP contribution in [0.5, 0.6) is 0 Å². The number of hydrogen-bond acceptors (Lipinski definition) is 3. The van der Waals surface area contributed by atoms with E-state index in [9.17, 15) is 4.79 Å². The second kappa shape index (κ2) is 8.04. The maximum absolute atomic E-state index is 12.1. The lowest BCUT2D eigenvalue weighted by molar-refractivity contribution is -0.119.